The second kappa shape index (κ2) is 7.03. The van der Waals surface area contributed by atoms with Gasteiger partial charge in [-0.05, 0) is 42.8 Å². The van der Waals surface area contributed by atoms with Crippen LogP contribution in [0.3, 0.4) is 0 Å². The van der Waals surface area contributed by atoms with Crippen LogP contribution in [0.15, 0.2) is 51.8 Å². The zero-order chi connectivity index (χ0) is 19.9. The van der Waals surface area contributed by atoms with Crippen molar-refractivity contribution in [1.82, 2.24) is 14.2 Å². The van der Waals surface area contributed by atoms with E-state index in [-0.39, 0.29) is 19.0 Å². The highest BCUT2D eigenvalue weighted by Gasteiger charge is 2.30. The molecular weight excluding hydrogens is 378 g/mol. The molecule has 4 rings (SSSR count). The first kappa shape index (κ1) is 18.6. The van der Waals surface area contributed by atoms with Gasteiger partial charge in [-0.3, -0.25) is 4.79 Å². The number of hydrogen-bond acceptors (Lipinski definition) is 5. The number of aromatic nitrogens is 1. The molecule has 8 heteroatoms. The van der Waals surface area contributed by atoms with Gasteiger partial charge in [0.15, 0.2) is 11.5 Å². The van der Waals surface area contributed by atoms with Crippen LogP contribution in [0.5, 0.6) is 0 Å². The fourth-order valence-electron chi connectivity index (χ4n) is 3.41. The van der Waals surface area contributed by atoms with Crippen molar-refractivity contribution in [2.75, 3.05) is 26.2 Å². The molecule has 2 heterocycles. The first-order valence-electron chi connectivity index (χ1n) is 9.08. The Kier molecular flexibility index (Phi) is 4.68. The molecule has 1 saturated heterocycles. The maximum atomic E-state index is 12.8. The van der Waals surface area contributed by atoms with E-state index in [1.165, 1.54) is 4.31 Å². The van der Waals surface area contributed by atoms with E-state index < -0.39 is 10.0 Å². The SMILES string of the molecule is Cc1cccc(S(=O)(=O)N2CCN(C(=O)c3ccc4oc(C)nc4c3)CC2)c1. The van der Waals surface area contributed by atoms with Crippen molar-refractivity contribution >= 4 is 27.0 Å². The Bertz CT molecular complexity index is 1150. The van der Waals surface area contributed by atoms with Gasteiger partial charge >= 0.3 is 0 Å². The molecule has 2 aromatic carbocycles. The number of aryl methyl sites for hydroxylation is 2. The van der Waals surface area contributed by atoms with Crippen molar-refractivity contribution in [3.05, 3.63) is 59.5 Å². The summed E-state index contributed by atoms with van der Waals surface area (Å²) in [5.74, 6) is 0.421. The average Bonchev–Trinajstić information content (AvgIpc) is 3.06. The summed E-state index contributed by atoms with van der Waals surface area (Å²) < 4.78 is 32.6. The Labute approximate surface area is 163 Å². The number of rotatable bonds is 3. The summed E-state index contributed by atoms with van der Waals surface area (Å²) in [6.45, 7) is 4.86. The summed E-state index contributed by atoms with van der Waals surface area (Å²) in [4.78, 5) is 19.0. The van der Waals surface area contributed by atoms with Gasteiger partial charge in [0.1, 0.15) is 5.52 Å². The fourth-order valence-corrected chi connectivity index (χ4v) is 4.94. The zero-order valence-corrected chi connectivity index (χ0v) is 16.6. The normalized spacial score (nSPS) is 15.9. The number of hydrogen-bond donors (Lipinski definition) is 0. The molecule has 0 spiro atoms. The highest BCUT2D eigenvalue weighted by molar-refractivity contribution is 7.89. The van der Waals surface area contributed by atoms with Crippen LogP contribution in [0.2, 0.25) is 0 Å². The molecule has 7 nitrogen and oxygen atoms in total. The summed E-state index contributed by atoms with van der Waals surface area (Å²) in [5.41, 5.74) is 2.70. The zero-order valence-electron chi connectivity index (χ0n) is 15.8. The highest BCUT2D eigenvalue weighted by Crippen LogP contribution is 2.21. The Morgan fingerprint density at radius 1 is 1.04 bits per heavy atom. The molecule has 0 saturated carbocycles. The Morgan fingerprint density at radius 2 is 1.79 bits per heavy atom. The number of piperazine rings is 1. The summed E-state index contributed by atoms with van der Waals surface area (Å²) >= 11 is 0. The molecule has 1 amide bonds. The van der Waals surface area contributed by atoms with Crippen LogP contribution in [0.1, 0.15) is 21.8 Å². The lowest BCUT2D eigenvalue weighted by Gasteiger charge is -2.34. The fraction of sp³-hybridized carbons (Fsp3) is 0.300. The van der Waals surface area contributed by atoms with Gasteiger partial charge in [0, 0.05) is 38.7 Å². The van der Waals surface area contributed by atoms with Crippen LogP contribution >= 0.6 is 0 Å². The third-order valence-electron chi connectivity index (χ3n) is 4.89. The molecule has 1 fully saturated rings. The third kappa shape index (κ3) is 3.41. The first-order chi connectivity index (χ1) is 13.3. The van der Waals surface area contributed by atoms with Gasteiger partial charge in [0.05, 0.1) is 4.90 Å². The molecule has 0 N–H and O–H groups in total. The summed E-state index contributed by atoms with van der Waals surface area (Å²) in [6.07, 6.45) is 0. The van der Waals surface area contributed by atoms with Gasteiger partial charge in [-0.25, -0.2) is 13.4 Å². The van der Waals surface area contributed by atoms with Crippen LogP contribution in [-0.2, 0) is 10.0 Å². The summed E-state index contributed by atoms with van der Waals surface area (Å²) in [6, 6.07) is 12.0. The Balaban J connectivity index is 1.47. The smallest absolute Gasteiger partial charge is 0.254 e. The maximum absolute atomic E-state index is 12.8. The van der Waals surface area contributed by atoms with E-state index in [0.29, 0.717) is 40.5 Å². The van der Waals surface area contributed by atoms with Gasteiger partial charge < -0.3 is 9.32 Å². The number of nitrogens with zero attached hydrogens (tertiary/aromatic N) is 3. The molecule has 1 aliphatic heterocycles. The van der Waals surface area contributed by atoms with E-state index >= 15 is 0 Å². The van der Waals surface area contributed by atoms with Crippen molar-refractivity contribution < 1.29 is 17.6 Å². The van der Waals surface area contributed by atoms with Crippen LogP contribution in [0.4, 0.5) is 0 Å². The number of oxazole rings is 1. The summed E-state index contributed by atoms with van der Waals surface area (Å²) in [7, 11) is -3.55. The number of benzene rings is 2. The van der Waals surface area contributed by atoms with E-state index in [1.54, 1.807) is 48.2 Å². The van der Waals surface area contributed by atoms with Gasteiger partial charge in [0.25, 0.3) is 5.91 Å². The molecule has 1 aliphatic rings. The standard InChI is InChI=1S/C20H21N3O4S/c1-14-4-3-5-17(12-14)28(25,26)23-10-8-22(9-11-23)20(24)16-6-7-19-18(13-16)21-15(2)27-19/h3-7,12-13H,8-11H2,1-2H3. The van der Waals surface area contributed by atoms with E-state index in [9.17, 15) is 13.2 Å². The molecule has 0 bridgehead atoms. The van der Waals surface area contributed by atoms with Crippen molar-refractivity contribution in [2.45, 2.75) is 18.7 Å². The molecule has 0 atom stereocenters. The van der Waals surface area contributed by atoms with E-state index in [0.717, 1.165) is 5.56 Å². The lowest BCUT2D eigenvalue weighted by atomic mass is 10.1. The Morgan fingerprint density at radius 3 is 2.50 bits per heavy atom. The quantitative estimate of drug-likeness (QED) is 0.676. The minimum atomic E-state index is -3.55. The summed E-state index contributed by atoms with van der Waals surface area (Å²) in [5, 5.41) is 0. The minimum absolute atomic E-state index is 0.129. The predicted octanol–water partition coefficient (Wildman–Crippen LogP) is 2.59. The predicted molar refractivity (Wildman–Crippen MR) is 105 cm³/mol. The van der Waals surface area contributed by atoms with Gasteiger partial charge in [0.2, 0.25) is 10.0 Å². The van der Waals surface area contributed by atoms with E-state index in [1.807, 2.05) is 13.0 Å². The monoisotopic (exact) mass is 399 g/mol. The molecule has 1 aromatic heterocycles. The number of amides is 1. The van der Waals surface area contributed by atoms with Crippen LogP contribution in [0, 0.1) is 13.8 Å². The first-order valence-corrected chi connectivity index (χ1v) is 10.5. The van der Waals surface area contributed by atoms with E-state index in [2.05, 4.69) is 4.98 Å². The molecule has 0 aliphatic carbocycles. The second-order valence-electron chi connectivity index (χ2n) is 6.93. The number of carbonyl (C=O) groups is 1. The van der Waals surface area contributed by atoms with Crippen LogP contribution in [-0.4, -0.2) is 54.7 Å². The lowest BCUT2D eigenvalue weighted by Crippen LogP contribution is -2.50. The number of sulfonamides is 1. The van der Waals surface area contributed by atoms with Gasteiger partial charge in [-0.15, -0.1) is 0 Å². The minimum Gasteiger partial charge on any atom is -0.441 e. The third-order valence-corrected chi connectivity index (χ3v) is 6.79. The van der Waals surface area contributed by atoms with Crippen molar-refractivity contribution in [1.29, 1.82) is 0 Å². The lowest BCUT2D eigenvalue weighted by molar-refractivity contribution is 0.0698. The van der Waals surface area contributed by atoms with Crippen LogP contribution in [0.25, 0.3) is 11.1 Å². The molecular formula is C20H21N3O4S. The molecule has 0 radical (unpaired) electrons. The van der Waals surface area contributed by atoms with E-state index in [4.69, 9.17) is 4.42 Å². The van der Waals surface area contributed by atoms with Crippen molar-refractivity contribution in [3.63, 3.8) is 0 Å². The number of carbonyl (C=O) groups excluding carboxylic acids is 1. The van der Waals surface area contributed by atoms with Crippen molar-refractivity contribution in [3.8, 4) is 0 Å². The van der Waals surface area contributed by atoms with Crippen molar-refractivity contribution in [2.24, 2.45) is 0 Å². The maximum Gasteiger partial charge on any atom is 0.254 e. The second-order valence-corrected chi connectivity index (χ2v) is 8.87. The van der Waals surface area contributed by atoms with Gasteiger partial charge in [-0.1, -0.05) is 12.1 Å². The topological polar surface area (TPSA) is 83.7 Å². The number of fused-ring (bicyclic) bond motifs is 1. The van der Waals surface area contributed by atoms with Crippen LogP contribution < -0.4 is 0 Å². The average molecular weight is 399 g/mol. The Hall–Kier alpha value is -2.71. The molecule has 3 aromatic rings. The highest BCUT2D eigenvalue weighted by atomic mass is 32.2. The molecule has 0 unspecified atom stereocenters. The molecule has 146 valence electrons. The molecule has 28 heavy (non-hydrogen) atoms. The largest absolute Gasteiger partial charge is 0.441 e. The van der Waals surface area contributed by atoms with Gasteiger partial charge in [-0.2, -0.15) is 4.31 Å².